The van der Waals surface area contributed by atoms with Crippen LogP contribution in [0.15, 0.2) is 24.3 Å². The SMILES string of the molecule is COP(CC(c1cccc(O)c1)C1CC1)OC. The van der Waals surface area contributed by atoms with E-state index < -0.39 is 8.38 Å². The Bertz CT molecular complexity index is 361. The van der Waals surface area contributed by atoms with Crippen LogP contribution in [-0.4, -0.2) is 25.5 Å². The molecule has 0 amide bonds. The first-order valence-electron chi connectivity index (χ1n) is 5.89. The maximum absolute atomic E-state index is 9.56. The highest BCUT2D eigenvalue weighted by molar-refractivity contribution is 7.47. The van der Waals surface area contributed by atoms with Gasteiger partial charge in [0.25, 0.3) is 0 Å². The third-order valence-electron chi connectivity index (χ3n) is 3.24. The summed E-state index contributed by atoms with van der Waals surface area (Å²) in [5, 5.41) is 9.56. The molecule has 1 unspecified atom stereocenters. The van der Waals surface area contributed by atoms with E-state index in [1.54, 1.807) is 20.3 Å². The molecule has 94 valence electrons. The molecule has 4 heteroatoms. The summed E-state index contributed by atoms with van der Waals surface area (Å²) in [6.07, 6.45) is 3.46. The summed E-state index contributed by atoms with van der Waals surface area (Å²) in [7, 11) is 2.59. The molecule has 0 spiro atoms. The van der Waals surface area contributed by atoms with Crippen molar-refractivity contribution in [1.29, 1.82) is 0 Å². The van der Waals surface area contributed by atoms with Gasteiger partial charge in [0, 0.05) is 20.4 Å². The Morgan fingerprint density at radius 3 is 2.59 bits per heavy atom. The molecular weight excluding hydrogens is 235 g/mol. The Hall–Kier alpha value is -0.630. The topological polar surface area (TPSA) is 38.7 Å². The van der Waals surface area contributed by atoms with Crippen LogP contribution in [0.3, 0.4) is 0 Å². The molecule has 0 saturated heterocycles. The average molecular weight is 254 g/mol. The molecule has 0 heterocycles. The van der Waals surface area contributed by atoms with E-state index >= 15 is 0 Å². The largest absolute Gasteiger partial charge is 0.508 e. The second-order valence-electron chi connectivity index (χ2n) is 4.42. The third kappa shape index (κ3) is 3.41. The van der Waals surface area contributed by atoms with Gasteiger partial charge in [-0.25, -0.2) is 0 Å². The van der Waals surface area contributed by atoms with Crippen LogP contribution < -0.4 is 0 Å². The number of rotatable bonds is 6. The average Bonchev–Trinajstić information content (AvgIpc) is 3.15. The van der Waals surface area contributed by atoms with Crippen molar-refractivity contribution in [3.63, 3.8) is 0 Å². The van der Waals surface area contributed by atoms with Crippen LogP contribution in [0.2, 0.25) is 0 Å². The summed E-state index contributed by atoms with van der Waals surface area (Å²) in [4.78, 5) is 0. The maximum atomic E-state index is 9.56. The van der Waals surface area contributed by atoms with Crippen molar-refractivity contribution in [3.05, 3.63) is 29.8 Å². The quantitative estimate of drug-likeness (QED) is 0.790. The highest BCUT2D eigenvalue weighted by Crippen LogP contribution is 2.50. The molecule has 1 atom stereocenters. The summed E-state index contributed by atoms with van der Waals surface area (Å²) in [6.45, 7) is 0. The van der Waals surface area contributed by atoms with Gasteiger partial charge < -0.3 is 14.2 Å². The van der Waals surface area contributed by atoms with Crippen LogP contribution in [0.5, 0.6) is 5.75 Å². The van der Waals surface area contributed by atoms with Gasteiger partial charge >= 0.3 is 0 Å². The molecule has 1 saturated carbocycles. The fraction of sp³-hybridized carbons (Fsp3) is 0.538. The molecule has 0 bridgehead atoms. The monoisotopic (exact) mass is 254 g/mol. The minimum Gasteiger partial charge on any atom is -0.508 e. The number of hydrogen-bond donors (Lipinski definition) is 1. The van der Waals surface area contributed by atoms with Gasteiger partial charge in [-0.2, -0.15) is 0 Å². The minimum atomic E-state index is -0.803. The van der Waals surface area contributed by atoms with E-state index in [4.69, 9.17) is 9.05 Å². The zero-order valence-corrected chi connectivity index (χ0v) is 11.2. The molecule has 3 nitrogen and oxygen atoms in total. The van der Waals surface area contributed by atoms with E-state index in [2.05, 4.69) is 6.07 Å². The Morgan fingerprint density at radius 2 is 2.06 bits per heavy atom. The molecule has 2 rings (SSSR count). The van der Waals surface area contributed by atoms with Gasteiger partial charge in [0.2, 0.25) is 0 Å². The van der Waals surface area contributed by atoms with Crippen molar-refractivity contribution in [1.82, 2.24) is 0 Å². The van der Waals surface area contributed by atoms with E-state index in [0.717, 1.165) is 12.1 Å². The molecule has 1 fully saturated rings. The summed E-state index contributed by atoms with van der Waals surface area (Å²) >= 11 is 0. The van der Waals surface area contributed by atoms with Gasteiger partial charge in [0.1, 0.15) is 5.75 Å². The summed E-state index contributed by atoms with van der Waals surface area (Å²) in [5.74, 6) is 1.52. The Balaban J connectivity index is 2.11. The maximum Gasteiger partial charge on any atom is 0.170 e. The lowest BCUT2D eigenvalue weighted by atomic mass is 9.96. The van der Waals surface area contributed by atoms with Crippen molar-refractivity contribution in [2.45, 2.75) is 18.8 Å². The van der Waals surface area contributed by atoms with Crippen molar-refractivity contribution in [2.75, 3.05) is 20.4 Å². The van der Waals surface area contributed by atoms with E-state index in [-0.39, 0.29) is 0 Å². The van der Waals surface area contributed by atoms with Crippen molar-refractivity contribution < 1.29 is 14.2 Å². The molecular formula is C13H19O3P. The molecule has 1 aliphatic rings. The summed E-state index contributed by atoms with van der Waals surface area (Å²) < 4.78 is 10.7. The predicted molar refractivity (Wildman–Crippen MR) is 69.4 cm³/mol. The number of phenolic OH excluding ortho intramolecular Hbond substituents is 1. The van der Waals surface area contributed by atoms with Crippen molar-refractivity contribution >= 4 is 8.38 Å². The Morgan fingerprint density at radius 1 is 1.35 bits per heavy atom. The number of benzene rings is 1. The van der Waals surface area contributed by atoms with Crippen molar-refractivity contribution in [3.8, 4) is 5.75 Å². The lowest BCUT2D eigenvalue weighted by molar-refractivity contribution is 0.336. The lowest BCUT2D eigenvalue weighted by Crippen LogP contribution is -2.07. The Labute approximate surface area is 104 Å². The smallest absolute Gasteiger partial charge is 0.170 e. The van der Waals surface area contributed by atoms with Gasteiger partial charge in [-0.3, -0.25) is 0 Å². The second-order valence-corrected chi connectivity index (χ2v) is 6.18. The zero-order chi connectivity index (χ0) is 12.3. The standard InChI is InChI=1S/C13H19O3P/c1-15-17(16-2)9-13(10-6-7-10)11-4-3-5-12(14)8-11/h3-5,8,10,13-14H,6-7,9H2,1-2H3. The molecule has 1 aromatic carbocycles. The van der Waals surface area contributed by atoms with Gasteiger partial charge in [-0.05, 0) is 42.4 Å². The van der Waals surface area contributed by atoms with Crippen LogP contribution in [0.1, 0.15) is 24.3 Å². The normalized spacial score (nSPS) is 17.4. The molecule has 17 heavy (non-hydrogen) atoms. The molecule has 0 aromatic heterocycles. The highest BCUT2D eigenvalue weighted by Gasteiger charge is 2.34. The zero-order valence-electron chi connectivity index (χ0n) is 10.3. The van der Waals surface area contributed by atoms with E-state index in [0.29, 0.717) is 11.7 Å². The number of aromatic hydroxyl groups is 1. The molecule has 1 N–H and O–H groups in total. The van der Waals surface area contributed by atoms with Crippen LogP contribution in [0, 0.1) is 5.92 Å². The van der Waals surface area contributed by atoms with Gasteiger partial charge in [0.15, 0.2) is 8.38 Å². The Kier molecular flexibility index (Phi) is 4.38. The van der Waals surface area contributed by atoms with Crippen molar-refractivity contribution in [2.24, 2.45) is 5.92 Å². The fourth-order valence-electron chi connectivity index (χ4n) is 2.16. The number of phenols is 1. The molecule has 1 aromatic rings. The summed E-state index contributed by atoms with van der Waals surface area (Å²) in [6, 6.07) is 7.56. The first-order chi connectivity index (χ1) is 8.24. The van der Waals surface area contributed by atoms with Gasteiger partial charge in [0.05, 0.1) is 0 Å². The summed E-state index contributed by atoms with van der Waals surface area (Å²) in [5.41, 5.74) is 1.20. The van der Waals surface area contributed by atoms with E-state index in [1.807, 2.05) is 12.1 Å². The minimum absolute atomic E-state index is 0.340. The van der Waals surface area contributed by atoms with Gasteiger partial charge in [-0.15, -0.1) is 0 Å². The third-order valence-corrected chi connectivity index (χ3v) is 4.75. The predicted octanol–water partition coefficient (Wildman–Crippen LogP) is 3.49. The molecule has 0 aliphatic heterocycles. The fourth-order valence-corrected chi connectivity index (χ4v) is 3.44. The first kappa shape index (κ1) is 12.8. The van der Waals surface area contributed by atoms with Crippen LogP contribution in [0.4, 0.5) is 0 Å². The van der Waals surface area contributed by atoms with E-state index in [1.165, 1.54) is 18.4 Å². The van der Waals surface area contributed by atoms with Gasteiger partial charge in [-0.1, -0.05) is 12.1 Å². The lowest BCUT2D eigenvalue weighted by Gasteiger charge is -2.21. The number of hydrogen-bond acceptors (Lipinski definition) is 3. The highest BCUT2D eigenvalue weighted by atomic mass is 31.2. The first-order valence-corrected chi connectivity index (χ1v) is 7.25. The molecule has 1 aliphatic carbocycles. The second kappa shape index (κ2) is 5.81. The van der Waals surface area contributed by atoms with Crippen LogP contribution in [0.25, 0.3) is 0 Å². The molecule has 0 radical (unpaired) electrons. The van der Waals surface area contributed by atoms with E-state index in [9.17, 15) is 5.11 Å². The van der Waals surface area contributed by atoms with Crippen LogP contribution in [-0.2, 0) is 9.05 Å². The van der Waals surface area contributed by atoms with Crippen LogP contribution >= 0.6 is 8.38 Å².